The van der Waals surface area contributed by atoms with Crippen molar-refractivity contribution in [1.29, 1.82) is 0 Å². The van der Waals surface area contributed by atoms with E-state index >= 15 is 0 Å². The summed E-state index contributed by atoms with van der Waals surface area (Å²) in [6.07, 6.45) is 4.77. The van der Waals surface area contributed by atoms with Crippen LogP contribution in [0.25, 0.3) is 17.0 Å². The maximum absolute atomic E-state index is 6.19. The zero-order chi connectivity index (χ0) is 18.4. The highest BCUT2D eigenvalue weighted by Gasteiger charge is 2.31. The highest BCUT2D eigenvalue weighted by atomic mass is 35.5. The van der Waals surface area contributed by atoms with Crippen molar-refractivity contribution in [2.24, 2.45) is 0 Å². The van der Waals surface area contributed by atoms with Gasteiger partial charge in [-0.05, 0) is 58.7 Å². The van der Waals surface area contributed by atoms with E-state index in [1.54, 1.807) is 0 Å². The standard InChI is InChI=1S/C21H26ClN3O/c1-5-17(24(4)18-10-11-18)12-19-13(2)23-25-20(14(3)26-21(19)25)15-6-8-16(22)9-7-15/h6-9,17-18H,5,10-12H2,1-4H3. The van der Waals surface area contributed by atoms with E-state index in [0.717, 1.165) is 52.3 Å². The molecule has 0 saturated heterocycles. The first-order valence-electron chi connectivity index (χ1n) is 9.45. The zero-order valence-corrected chi connectivity index (χ0v) is 16.7. The van der Waals surface area contributed by atoms with Crippen molar-refractivity contribution in [3.63, 3.8) is 0 Å². The second-order valence-electron chi connectivity index (χ2n) is 7.46. The van der Waals surface area contributed by atoms with E-state index in [9.17, 15) is 0 Å². The van der Waals surface area contributed by atoms with E-state index < -0.39 is 0 Å². The van der Waals surface area contributed by atoms with E-state index in [-0.39, 0.29) is 0 Å². The molecular formula is C21H26ClN3O. The maximum Gasteiger partial charge on any atom is 0.225 e. The first-order chi connectivity index (χ1) is 12.5. The Labute approximate surface area is 159 Å². The van der Waals surface area contributed by atoms with Crippen LogP contribution in [0.15, 0.2) is 28.7 Å². The van der Waals surface area contributed by atoms with Crippen LogP contribution in [-0.4, -0.2) is 33.6 Å². The second kappa shape index (κ2) is 6.75. The Morgan fingerprint density at radius 2 is 1.96 bits per heavy atom. The number of oxazole rings is 1. The quantitative estimate of drug-likeness (QED) is 0.591. The van der Waals surface area contributed by atoms with Gasteiger partial charge in [0, 0.05) is 28.2 Å². The Kier molecular flexibility index (Phi) is 4.57. The normalized spacial score (nSPS) is 15.9. The lowest BCUT2D eigenvalue weighted by Gasteiger charge is -2.26. The largest absolute Gasteiger partial charge is 0.441 e. The third-order valence-electron chi connectivity index (χ3n) is 5.66. The summed E-state index contributed by atoms with van der Waals surface area (Å²) in [6, 6.07) is 9.14. The minimum Gasteiger partial charge on any atom is -0.441 e. The van der Waals surface area contributed by atoms with Crippen LogP contribution >= 0.6 is 11.6 Å². The van der Waals surface area contributed by atoms with E-state index in [1.807, 2.05) is 35.7 Å². The van der Waals surface area contributed by atoms with Crippen molar-refractivity contribution in [1.82, 2.24) is 14.5 Å². The Balaban J connectivity index is 1.73. The molecule has 26 heavy (non-hydrogen) atoms. The van der Waals surface area contributed by atoms with Crippen LogP contribution in [-0.2, 0) is 6.42 Å². The third kappa shape index (κ3) is 3.06. The molecule has 0 aliphatic heterocycles. The highest BCUT2D eigenvalue weighted by Crippen LogP contribution is 2.33. The van der Waals surface area contributed by atoms with Gasteiger partial charge in [0.1, 0.15) is 11.5 Å². The van der Waals surface area contributed by atoms with Gasteiger partial charge in [0.05, 0.1) is 5.69 Å². The second-order valence-corrected chi connectivity index (χ2v) is 7.89. The van der Waals surface area contributed by atoms with Gasteiger partial charge in [0.2, 0.25) is 5.71 Å². The van der Waals surface area contributed by atoms with Gasteiger partial charge >= 0.3 is 0 Å². The third-order valence-corrected chi connectivity index (χ3v) is 5.91. The summed E-state index contributed by atoms with van der Waals surface area (Å²) in [4.78, 5) is 2.54. The number of aromatic nitrogens is 2. The molecule has 1 aliphatic carbocycles. The molecule has 2 aromatic heterocycles. The van der Waals surface area contributed by atoms with Gasteiger partial charge in [-0.3, -0.25) is 0 Å². The molecule has 4 rings (SSSR count). The summed E-state index contributed by atoms with van der Waals surface area (Å²) in [5, 5.41) is 5.54. The van der Waals surface area contributed by atoms with E-state index in [0.29, 0.717) is 6.04 Å². The van der Waals surface area contributed by atoms with Crippen molar-refractivity contribution < 1.29 is 4.42 Å². The zero-order valence-electron chi connectivity index (χ0n) is 15.9. The fourth-order valence-corrected chi connectivity index (χ4v) is 4.02. The molecule has 3 aromatic rings. The monoisotopic (exact) mass is 371 g/mol. The molecule has 0 spiro atoms. The SMILES string of the molecule is CCC(Cc1c(C)nn2c(-c3ccc(Cl)cc3)c(C)oc12)N(C)C1CC1. The molecule has 1 saturated carbocycles. The summed E-state index contributed by atoms with van der Waals surface area (Å²) in [5.74, 6) is 0.889. The molecule has 2 heterocycles. The smallest absolute Gasteiger partial charge is 0.225 e. The fourth-order valence-electron chi connectivity index (χ4n) is 3.90. The summed E-state index contributed by atoms with van der Waals surface area (Å²) in [5.41, 5.74) is 5.25. The number of hydrogen-bond donors (Lipinski definition) is 0. The van der Waals surface area contributed by atoms with E-state index in [4.69, 9.17) is 21.1 Å². The van der Waals surface area contributed by atoms with Crippen molar-refractivity contribution in [3.8, 4) is 11.3 Å². The highest BCUT2D eigenvalue weighted by molar-refractivity contribution is 6.30. The Morgan fingerprint density at radius 1 is 1.27 bits per heavy atom. The molecule has 1 aromatic carbocycles. The number of likely N-dealkylation sites (N-methyl/N-ethyl adjacent to an activating group) is 1. The van der Waals surface area contributed by atoms with Gasteiger partial charge in [-0.25, -0.2) is 0 Å². The molecule has 0 bridgehead atoms. The Bertz CT molecular complexity index is 921. The van der Waals surface area contributed by atoms with E-state index in [2.05, 4.69) is 25.8 Å². The summed E-state index contributed by atoms with van der Waals surface area (Å²) >= 11 is 6.04. The van der Waals surface area contributed by atoms with Crippen LogP contribution in [0.1, 0.15) is 43.2 Å². The molecular weight excluding hydrogens is 346 g/mol. The predicted octanol–water partition coefficient (Wildman–Crippen LogP) is 5.28. The van der Waals surface area contributed by atoms with Crippen molar-refractivity contribution >= 4 is 17.3 Å². The molecule has 0 amide bonds. The number of nitrogens with zero attached hydrogens (tertiary/aromatic N) is 3. The average Bonchev–Trinajstić information content (AvgIpc) is 3.36. The first kappa shape index (κ1) is 17.6. The number of halogens is 1. The Hall–Kier alpha value is -1.78. The number of benzene rings is 1. The molecule has 1 unspecified atom stereocenters. The van der Waals surface area contributed by atoms with Crippen molar-refractivity contribution in [2.45, 2.75) is 58.5 Å². The van der Waals surface area contributed by atoms with Crippen LogP contribution in [0.4, 0.5) is 0 Å². The summed E-state index contributed by atoms with van der Waals surface area (Å²) in [6.45, 7) is 6.36. The molecule has 0 radical (unpaired) electrons. The first-order valence-corrected chi connectivity index (χ1v) is 9.82. The summed E-state index contributed by atoms with van der Waals surface area (Å²) < 4.78 is 8.15. The number of hydrogen-bond acceptors (Lipinski definition) is 3. The lowest BCUT2D eigenvalue weighted by atomic mass is 10.0. The van der Waals surface area contributed by atoms with Crippen molar-refractivity contribution in [2.75, 3.05) is 7.05 Å². The number of fused-ring (bicyclic) bond motifs is 1. The molecule has 138 valence electrons. The van der Waals surface area contributed by atoms with Crippen molar-refractivity contribution in [3.05, 3.63) is 46.3 Å². The lowest BCUT2D eigenvalue weighted by Crippen LogP contribution is -2.34. The van der Waals surface area contributed by atoms with E-state index in [1.165, 1.54) is 18.4 Å². The number of rotatable bonds is 6. The molecule has 4 nitrogen and oxygen atoms in total. The topological polar surface area (TPSA) is 33.7 Å². The maximum atomic E-state index is 6.19. The van der Waals surface area contributed by atoms with Crippen LogP contribution in [0.2, 0.25) is 5.02 Å². The van der Waals surface area contributed by atoms with Crippen LogP contribution < -0.4 is 0 Å². The van der Waals surface area contributed by atoms with Gasteiger partial charge in [0.25, 0.3) is 0 Å². The molecule has 1 fully saturated rings. The van der Waals surface area contributed by atoms with Gasteiger partial charge in [-0.15, -0.1) is 0 Å². The van der Waals surface area contributed by atoms with Gasteiger partial charge in [0.15, 0.2) is 0 Å². The van der Waals surface area contributed by atoms with Gasteiger partial charge in [-0.1, -0.05) is 30.7 Å². The average molecular weight is 372 g/mol. The predicted molar refractivity (Wildman–Crippen MR) is 106 cm³/mol. The van der Waals surface area contributed by atoms with Crippen LogP contribution in [0.5, 0.6) is 0 Å². The summed E-state index contributed by atoms with van der Waals surface area (Å²) in [7, 11) is 2.26. The molecule has 0 N–H and O–H groups in total. The van der Waals surface area contributed by atoms with Gasteiger partial charge < -0.3 is 9.32 Å². The number of aryl methyl sites for hydroxylation is 2. The Morgan fingerprint density at radius 3 is 2.58 bits per heavy atom. The minimum absolute atomic E-state index is 0.526. The molecule has 1 aliphatic rings. The molecule has 1 atom stereocenters. The van der Waals surface area contributed by atoms with Gasteiger partial charge in [-0.2, -0.15) is 9.61 Å². The molecule has 5 heteroatoms. The minimum atomic E-state index is 0.526. The lowest BCUT2D eigenvalue weighted by molar-refractivity contribution is 0.224. The van der Waals surface area contributed by atoms with Crippen LogP contribution in [0, 0.1) is 13.8 Å². The van der Waals surface area contributed by atoms with Crippen LogP contribution in [0.3, 0.4) is 0 Å². The fraction of sp³-hybridized carbons (Fsp3) is 0.476.